The van der Waals surface area contributed by atoms with Gasteiger partial charge in [0.15, 0.2) is 0 Å². The van der Waals surface area contributed by atoms with Crippen molar-refractivity contribution in [1.82, 2.24) is 9.80 Å². The molecule has 18 heteroatoms. The molecule has 1 aromatic rings. The summed E-state index contributed by atoms with van der Waals surface area (Å²) in [4.78, 5) is 13.5. The Balaban J connectivity index is -0.000000253. The van der Waals surface area contributed by atoms with Crippen LogP contribution in [0.2, 0.25) is 0 Å². The summed E-state index contributed by atoms with van der Waals surface area (Å²) in [5.41, 5.74) is 2.35. The van der Waals surface area contributed by atoms with E-state index in [1.54, 1.807) is 12.4 Å². The van der Waals surface area contributed by atoms with Crippen LogP contribution >= 0.6 is 0 Å². The van der Waals surface area contributed by atoms with Gasteiger partial charge in [-0.25, -0.2) is 37.3 Å². The zero-order chi connectivity index (χ0) is 28.4. The zero-order valence-electron chi connectivity index (χ0n) is 22.3. The number of benzene rings is 1. The van der Waals surface area contributed by atoms with E-state index in [0.717, 1.165) is 44.8 Å². The van der Waals surface area contributed by atoms with E-state index >= 15 is 0 Å². The van der Waals surface area contributed by atoms with Crippen molar-refractivity contribution in [1.29, 1.82) is 0 Å². The molecule has 0 atom stereocenters. The number of halogens is 2. The van der Waals surface area contributed by atoms with Crippen LogP contribution in [0.5, 0.6) is 5.75 Å². The smallest absolute Gasteiger partial charge is 0.872 e. The van der Waals surface area contributed by atoms with E-state index in [-0.39, 0.29) is 44.2 Å². The van der Waals surface area contributed by atoms with E-state index in [4.69, 9.17) is 37.3 Å². The quantitative estimate of drug-likeness (QED) is 0.146. The summed E-state index contributed by atoms with van der Waals surface area (Å²) in [5, 5.41) is 12.6. The maximum absolute atomic E-state index is 12.6. The SMILES string of the molecule is CCN(CC)CCN=Cc1cc(C)cc(C=NCCN(CC)CC)c1[O-].[Ni+3].[Ni+3].[O-][Cl+3]([O-])([O-])[O-].[O-][Cl+3]([O-])([O-])[O-].[OH-]. The topological polar surface area (TPSA) is 269 Å². The van der Waals surface area contributed by atoms with Crippen LogP contribution in [0.3, 0.4) is 0 Å². The molecule has 0 spiro atoms. The van der Waals surface area contributed by atoms with Crippen LogP contribution in [-0.4, -0.2) is 80.1 Å². The van der Waals surface area contributed by atoms with Crippen molar-refractivity contribution in [2.75, 3.05) is 52.4 Å². The van der Waals surface area contributed by atoms with Crippen LogP contribution in [0, 0.1) is 27.4 Å². The van der Waals surface area contributed by atoms with Gasteiger partial charge in [-0.1, -0.05) is 45.6 Å². The van der Waals surface area contributed by atoms with Crippen molar-refractivity contribution in [3.8, 4) is 5.75 Å². The van der Waals surface area contributed by atoms with Gasteiger partial charge in [0.1, 0.15) is 0 Å². The molecule has 0 bridgehead atoms. The fourth-order valence-corrected chi connectivity index (χ4v) is 2.83. The van der Waals surface area contributed by atoms with E-state index in [1.165, 1.54) is 0 Å². The summed E-state index contributed by atoms with van der Waals surface area (Å²) in [6.07, 6.45) is 3.43. The molecule has 0 aliphatic carbocycles. The van der Waals surface area contributed by atoms with E-state index in [9.17, 15) is 5.11 Å². The minimum atomic E-state index is -4.94. The van der Waals surface area contributed by atoms with Gasteiger partial charge in [0.05, 0.1) is 13.1 Å². The van der Waals surface area contributed by atoms with Crippen molar-refractivity contribution in [2.24, 2.45) is 9.98 Å². The van der Waals surface area contributed by atoms with Crippen LogP contribution < -0.4 is 42.4 Å². The minimum Gasteiger partial charge on any atom is -0.872 e. The Kier molecular flexibility index (Phi) is 32.6. The normalized spacial score (nSPS) is 11.3. The first kappa shape index (κ1) is 48.2. The monoisotopic (exact) mass is 690 g/mol. The Labute approximate surface area is 254 Å². The molecule has 1 rings (SSSR count). The fraction of sp³-hybridized carbons (Fsp3) is 0.619. The third-order valence-electron chi connectivity index (χ3n) is 4.63. The molecule has 0 amide bonds. The van der Waals surface area contributed by atoms with Crippen LogP contribution in [0.1, 0.15) is 44.4 Å². The van der Waals surface area contributed by atoms with Gasteiger partial charge in [0.2, 0.25) is 0 Å². The molecule has 0 heterocycles. The minimum absolute atomic E-state index is 0. The van der Waals surface area contributed by atoms with Crippen molar-refractivity contribution in [3.05, 3.63) is 28.8 Å². The Hall–Kier alpha value is -0.513. The van der Waals surface area contributed by atoms with Crippen molar-refractivity contribution in [2.45, 2.75) is 34.6 Å². The number of aryl methyl sites for hydroxylation is 1. The Morgan fingerprint density at radius 1 is 0.667 bits per heavy atom. The zero-order valence-corrected chi connectivity index (χ0v) is 25.8. The molecule has 0 aliphatic rings. The van der Waals surface area contributed by atoms with Gasteiger partial charge in [-0.15, -0.1) is 20.5 Å². The third kappa shape index (κ3) is 33.6. The van der Waals surface area contributed by atoms with Gasteiger partial charge in [-0.2, -0.15) is 0 Å². The molecule has 0 aromatic heterocycles. The molecule has 0 saturated carbocycles. The van der Waals surface area contributed by atoms with Crippen LogP contribution in [-0.2, 0) is 33.0 Å². The molecule has 232 valence electrons. The molecule has 2 radical (unpaired) electrons. The number of hydrogen-bond donors (Lipinski definition) is 0. The molecule has 0 unspecified atom stereocenters. The fourth-order valence-electron chi connectivity index (χ4n) is 2.83. The number of hydrogen-bond acceptors (Lipinski definition) is 14. The summed E-state index contributed by atoms with van der Waals surface area (Å²) >= 11 is 0. The third-order valence-corrected chi connectivity index (χ3v) is 4.63. The number of rotatable bonds is 12. The molecule has 0 aliphatic heterocycles. The van der Waals surface area contributed by atoms with Crippen molar-refractivity contribution >= 4 is 12.4 Å². The molecule has 0 saturated heterocycles. The summed E-state index contributed by atoms with van der Waals surface area (Å²) in [7, 11) is -9.89. The van der Waals surface area contributed by atoms with Gasteiger partial charge in [0, 0.05) is 25.5 Å². The molecular formula is C21H36Cl2N4Ni2O10+2. The Bertz CT molecular complexity index is 707. The van der Waals surface area contributed by atoms with Crippen LogP contribution in [0.25, 0.3) is 0 Å². The van der Waals surface area contributed by atoms with Gasteiger partial charge >= 0.3 is 33.0 Å². The number of nitrogens with zero attached hydrogens (tertiary/aromatic N) is 4. The van der Waals surface area contributed by atoms with Gasteiger partial charge < -0.3 is 20.4 Å². The Morgan fingerprint density at radius 2 is 0.923 bits per heavy atom. The average molecular weight is 693 g/mol. The van der Waals surface area contributed by atoms with Crippen LogP contribution in [0.4, 0.5) is 0 Å². The first-order valence-corrected chi connectivity index (χ1v) is 13.5. The first-order valence-electron chi connectivity index (χ1n) is 11.0. The maximum atomic E-state index is 12.6. The second-order valence-corrected chi connectivity index (χ2v) is 8.66. The Morgan fingerprint density at radius 3 is 1.15 bits per heavy atom. The van der Waals surface area contributed by atoms with Gasteiger partial charge in [-0.3, -0.25) is 9.98 Å². The predicted octanol–water partition coefficient (Wildman–Crippen LogP) is -7.10. The standard InChI is InChI=1S/C21H36N4O.2ClHO4.2Ni.H2O/c1-6-24(7-2)12-10-22-16-19-14-18(5)15-20(21(19)26)17-23-11-13-25(8-3)9-4;2*2-1(3,4)5;;;/h14-17,26H,6-13H2,1-5H3;2*(H,2,3,4,5);;;1H2/q;;;2*+3;/p-4. The molecule has 1 aromatic carbocycles. The second-order valence-electron chi connectivity index (χ2n) is 7.15. The predicted molar refractivity (Wildman–Crippen MR) is 113 cm³/mol. The second kappa shape index (κ2) is 26.4. The van der Waals surface area contributed by atoms with Gasteiger partial charge in [-0.05, 0) is 49.8 Å². The van der Waals surface area contributed by atoms with E-state index in [1.807, 2.05) is 19.1 Å². The van der Waals surface area contributed by atoms with Crippen molar-refractivity contribution in [3.63, 3.8) is 0 Å². The van der Waals surface area contributed by atoms with E-state index in [0.29, 0.717) is 24.2 Å². The molecule has 14 nitrogen and oxygen atoms in total. The number of aliphatic imine (C=N–C) groups is 2. The van der Waals surface area contributed by atoms with Crippen molar-refractivity contribution < 1.29 is 101 Å². The molecule has 1 N–H and O–H groups in total. The molecular weight excluding hydrogens is 657 g/mol. The summed E-state index contributed by atoms with van der Waals surface area (Å²) in [6, 6.07) is 3.80. The average Bonchev–Trinajstić information content (AvgIpc) is 2.74. The first-order chi connectivity index (χ1) is 16.5. The van der Waals surface area contributed by atoms with Gasteiger partial charge in [0.25, 0.3) is 0 Å². The number of likely N-dealkylation sites (N-methyl/N-ethyl adjacent to an activating group) is 2. The maximum Gasteiger partial charge on any atom is 3.00 e. The molecule has 0 fully saturated rings. The van der Waals surface area contributed by atoms with E-state index in [2.05, 4.69) is 47.5 Å². The molecule has 39 heavy (non-hydrogen) atoms. The van der Waals surface area contributed by atoms with E-state index < -0.39 is 20.5 Å². The summed E-state index contributed by atoms with van der Waals surface area (Å²) in [5.74, 6) is 0.00813. The van der Waals surface area contributed by atoms with Crippen LogP contribution in [0.15, 0.2) is 22.1 Å². The summed E-state index contributed by atoms with van der Waals surface area (Å²) < 4.78 is 67.9. The summed E-state index contributed by atoms with van der Waals surface area (Å²) in [6.45, 7) is 18.0. The largest absolute Gasteiger partial charge is 3.00 e.